The van der Waals surface area contributed by atoms with E-state index in [2.05, 4.69) is 19.2 Å². The molecule has 6 heteroatoms. The Morgan fingerprint density at radius 3 is 1.98 bits per heavy atom. The first kappa shape index (κ1) is 36.2. The van der Waals surface area contributed by atoms with E-state index in [-0.39, 0.29) is 35.9 Å². The van der Waals surface area contributed by atoms with Crippen molar-refractivity contribution >= 4 is 5.91 Å². The summed E-state index contributed by atoms with van der Waals surface area (Å²) in [6.45, 7) is 7.90. The van der Waals surface area contributed by atoms with Gasteiger partial charge in [-0.3, -0.25) is 4.79 Å². The Kier molecular flexibility index (Phi) is 20.6. The zero-order valence-electron chi connectivity index (χ0n) is 25.7. The molecule has 0 radical (unpaired) electrons. The number of benzene rings is 1. The molecule has 0 saturated carbocycles. The number of amides is 1. The van der Waals surface area contributed by atoms with E-state index in [1.807, 2.05) is 54.1 Å². The number of hydrogen-bond donors (Lipinski definition) is 1. The number of carbonyl (C=O) groups excluding carboxylic acids is 1. The third-order valence-corrected chi connectivity index (χ3v) is 7.43. The summed E-state index contributed by atoms with van der Waals surface area (Å²) >= 11 is 0. The minimum absolute atomic E-state index is 0. The first-order valence-corrected chi connectivity index (χ1v) is 15.7. The van der Waals surface area contributed by atoms with Crippen molar-refractivity contribution < 1.29 is 42.8 Å². The summed E-state index contributed by atoms with van der Waals surface area (Å²) in [6, 6.07) is 11.5. The molecule has 0 bridgehead atoms. The number of methoxy groups -OCH3 is 1. The highest BCUT2D eigenvalue weighted by atomic mass is 127. The van der Waals surface area contributed by atoms with E-state index in [0.717, 1.165) is 30.7 Å². The fraction of sp³-hybridized carbons (Fsp3) is 0.647. The lowest BCUT2D eigenvalue weighted by Gasteiger charge is -2.17. The predicted molar refractivity (Wildman–Crippen MR) is 162 cm³/mol. The van der Waals surface area contributed by atoms with Crippen LogP contribution in [-0.4, -0.2) is 19.6 Å². The zero-order valence-corrected chi connectivity index (χ0v) is 27.8. The number of hydrogen-bond acceptors (Lipinski definition) is 3. The molecule has 0 aliphatic rings. The normalized spacial score (nSPS) is 11.5. The minimum atomic E-state index is -0.151. The lowest BCUT2D eigenvalue weighted by atomic mass is 10.0. The van der Waals surface area contributed by atoms with Crippen molar-refractivity contribution in [2.24, 2.45) is 0 Å². The van der Waals surface area contributed by atoms with E-state index in [1.165, 1.54) is 83.5 Å². The number of halogens is 1. The number of nitrogens with zero attached hydrogens (tertiary/aromatic N) is 1. The van der Waals surface area contributed by atoms with Gasteiger partial charge in [0, 0.05) is 18.6 Å². The number of aryl methyl sites for hydroxylation is 1. The summed E-state index contributed by atoms with van der Waals surface area (Å²) in [5, 5.41) is 3.13. The highest BCUT2D eigenvalue weighted by Crippen LogP contribution is 2.30. The van der Waals surface area contributed by atoms with Gasteiger partial charge in [0.05, 0.1) is 19.8 Å². The molecule has 0 fully saturated rings. The quantitative estimate of drug-likeness (QED) is 0.0991. The number of carbonyl (C=O) groups is 1. The highest BCUT2D eigenvalue weighted by molar-refractivity contribution is 5.91. The molecule has 0 aliphatic carbocycles. The molecule has 1 aromatic heterocycles. The molecular weight excluding hydrogens is 611 g/mol. The van der Waals surface area contributed by atoms with Crippen molar-refractivity contribution in [1.29, 1.82) is 0 Å². The van der Waals surface area contributed by atoms with Gasteiger partial charge in [0.2, 0.25) is 0 Å². The van der Waals surface area contributed by atoms with E-state index in [1.54, 1.807) is 7.11 Å². The predicted octanol–water partition coefficient (Wildman–Crippen LogP) is 5.75. The Bertz CT molecular complexity index is 937. The van der Waals surface area contributed by atoms with Crippen LogP contribution in [0.1, 0.15) is 139 Å². The third-order valence-electron chi connectivity index (χ3n) is 7.43. The fourth-order valence-corrected chi connectivity index (χ4v) is 5.02. The van der Waals surface area contributed by atoms with Crippen LogP contribution >= 0.6 is 0 Å². The summed E-state index contributed by atoms with van der Waals surface area (Å²) in [4.78, 5) is 12.9. The second kappa shape index (κ2) is 22.8. The van der Waals surface area contributed by atoms with Crippen LogP contribution in [0.4, 0.5) is 0 Å². The standard InChI is InChI=1S/C34H54N2O3.HI/c1-5-7-8-9-10-11-12-13-14-15-16-17-18-21-27-39-32-24-23-30(28-33(32)38-4)29(3)35-34(37)31-22-19-20-26-36(31)25-6-2;/h19-20,22-24,26,28-29H,5-18,21,25,27H2,1-4H3;1H. The van der Waals surface area contributed by atoms with Crippen LogP contribution in [0.3, 0.4) is 0 Å². The Morgan fingerprint density at radius 2 is 1.40 bits per heavy atom. The van der Waals surface area contributed by atoms with Gasteiger partial charge in [0.15, 0.2) is 17.7 Å². The van der Waals surface area contributed by atoms with Crippen LogP contribution in [0, 0.1) is 0 Å². The van der Waals surface area contributed by atoms with Gasteiger partial charge >= 0.3 is 5.91 Å². The topological polar surface area (TPSA) is 51.4 Å². The largest absolute Gasteiger partial charge is 1.00 e. The molecule has 1 heterocycles. The summed E-state index contributed by atoms with van der Waals surface area (Å²) in [5.41, 5.74) is 1.66. The van der Waals surface area contributed by atoms with Gasteiger partial charge in [-0.1, -0.05) is 103 Å². The van der Waals surface area contributed by atoms with E-state index < -0.39 is 0 Å². The van der Waals surface area contributed by atoms with Crippen molar-refractivity contribution in [3.63, 3.8) is 0 Å². The summed E-state index contributed by atoms with van der Waals surface area (Å²) < 4.78 is 13.7. The van der Waals surface area contributed by atoms with Crippen molar-refractivity contribution in [3.8, 4) is 11.5 Å². The number of nitrogens with one attached hydrogen (secondary N) is 1. The molecule has 1 amide bonds. The molecule has 1 aromatic carbocycles. The fourth-order valence-electron chi connectivity index (χ4n) is 5.02. The molecule has 1 N–H and O–H groups in total. The second-order valence-electron chi connectivity index (χ2n) is 10.8. The molecule has 226 valence electrons. The molecule has 0 saturated heterocycles. The van der Waals surface area contributed by atoms with Crippen LogP contribution in [-0.2, 0) is 6.54 Å². The van der Waals surface area contributed by atoms with Gasteiger partial charge in [0.25, 0.3) is 5.69 Å². The van der Waals surface area contributed by atoms with Gasteiger partial charge in [-0.05, 0) is 37.1 Å². The molecule has 1 unspecified atom stereocenters. The lowest BCUT2D eigenvalue weighted by Crippen LogP contribution is -3.00. The second-order valence-corrected chi connectivity index (χ2v) is 10.8. The molecule has 5 nitrogen and oxygen atoms in total. The van der Waals surface area contributed by atoms with Crippen LogP contribution < -0.4 is 43.3 Å². The molecule has 0 spiro atoms. The molecule has 40 heavy (non-hydrogen) atoms. The summed E-state index contributed by atoms with van der Waals surface area (Å²) in [5.74, 6) is 1.40. The minimum Gasteiger partial charge on any atom is -1.00 e. The molecule has 0 aliphatic heterocycles. The highest BCUT2D eigenvalue weighted by Gasteiger charge is 2.21. The van der Waals surface area contributed by atoms with E-state index in [0.29, 0.717) is 18.1 Å². The third kappa shape index (κ3) is 14.2. The van der Waals surface area contributed by atoms with Gasteiger partial charge in [-0.25, -0.2) is 0 Å². The molecule has 1 atom stereocenters. The number of rotatable bonds is 22. The number of unbranched alkanes of at least 4 members (excludes halogenated alkanes) is 13. The zero-order chi connectivity index (χ0) is 28.1. The monoisotopic (exact) mass is 666 g/mol. The summed E-state index contributed by atoms with van der Waals surface area (Å²) in [7, 11) is 1.67. The van der Waals surface area contributed by atoms with E-state index >= 15 is 0 Å². The smallest absolute Gasteiger partial charge is 0.316 e. The summed E-state index contributed by atoms with van der Waals surface area (Å²) in [6.07, 6.45) is 21.8. The van der Waals surface area contributed by atoms with Crippen molar-refractivity contribution in [2.45, 2.75) is 130 Å². The first-order chi connectivity index (χ1) is 19.1. The van der Waals surface area contributed by atoms with Crippen molar-refractivity contribution in [3.05, 3.63) is 53.9 Å². The van der Waals surface area contributed by atoms with Gasteiger partial charge in [-0.2, -0.15) is 4.57 Å². The maximum Gasteiger partial charge on any atom is 0.316 e. The average molecular weight is 667 g/mol. The van der Waals surface area contributed by atoms with Crippen LogP contribution in [0.15, 0.2) is 42.6 Å². The Labute approximate surface area is 261 Å². The number of ether oxygens (including phenoxy) is 2. The molecular formula is C34H55IN2O3. The molecule has 2 rings (SSSR count). The lowest BCUT2D eigenvalue weighted by molar-refractivity contribution is -0.698. The SMILES string of the molecule is CCCCCCCCCCCCCCCCOc1ccc(C(C)NC(=O)c2cccc[n+]2CCC)cc1OC.[I-]. The van der Waals surface area contributed by atoms with Crippen LogP contribution in [0.2, 0.25) is 0 Å². The average Bonchev–Trinajstić information content (AvgIpc) is 2.95. The number of pyridine rings is 1. The Hall–Kier alpha value is -1.83. The van der Waals surface area contributed by atoms with Crippen LogP contribution in [0.25, 0.3) is 0 Å². The maximum atomic E-state index is 12.9. The maximum absolute atomic E-state index is 12.9. The van der Waals surface area contributed by atoms with E-state index in [4.69, 9.17) is 9.47 Å². The van der Waals surface area contributed by atoms with Gasteiger partial charge in [0.1, 0.15) is 6.54 Å². The van der Waals surface area contributed by atoms with E-state index in [9.17, 15) is 4.79 Å². The van der Waals surface area contributed by atoms with Crippen molar-refractivity contribution in [1.82, 2.24) is 5.32 Å². The van der Waals surface area contributed by atoms with Crippen LogP contribution in [0.5, 0.6) is 11.5 Å². The van der Waals surface area contributed by atoms with Gasteiger partial charge in [-0.15, -0.1) is 0 Å². The number of aromatic nitrogens is 1. The first-order valence-electron chi connectivity index (χ1n) is 15.7. The van der Waals surface area contributed by atoms with Gasteiger partial charge < -0.3 is 38.8 Å². The van der Waals surface area contributed by atoms with Crippen molar-refractivity contribution in [2.75, 3.05) is 13.7 Å². The molecule has 2 aromatic rings. The Morgan fingerprint density at radius 1 is 0.800 bits per heavy atom. The Balaban J connectivity index is 0.00000800.